The van der Waals surface area contributed by atoms with E-state index < -0.39 is 30.8 Å². The van der Waals surface area contributed by atoms with Crippen LogP contribution in [0.4, 0.5) is 0 Å². The highest BCUT2D eigenvalue weighted by Gasteiger charge is 2.49. The Bertz CT molecular complexity index is 537. The topological polar surface area (TPSA) is 66.0 Å². The van der Waals surface area contributed by atoms with Crippen LogP contribution in [0.15, 0.2) is 30.3 Å². The maximum absolute atomic E-state index is 12.9. The number of unbranched alkanes of at least 4 members (excludes halogenated alkanes) is 1. The monoisotopic (exact) mass is 335 g/mol. The molecule has 2 aliphatic heterocycles. The Labute approximate surface area is 142 Å². The number of carbonyl (C=O) groups excluding carboxylic acids is 1. The molecule has 5 atom stereocenters. The van der Waals surface area contributed by atoms with Crippen LogP contribution < -0.4 is 5.32 Å². The maximum Gasteiger partial charge on any atom is 0.186 e. The molecule has 1 N–H and O–H groups in total. The Balaban J connectivity index is 1.70. The van der Waals surface area contributed by atoms with Crippen LogP contribution in [0.5, 0.6) is 0 Å². The molecule has 2 aliphatic rings. The number of fused-ring (bicyclic) bond motifs is 1. The zero-order chi connectivity index (χ0) is 16.9. The van der Waals surface area contributed by atoms with Crippen LogP contribution in [0, 0.1) is 0 Å². The normalized spacial score (nSPS) is 33.2. The Morgan fingerprint density at radius 2 is 2.04 bits per heavy atom. The Kier molecular flexibility index (Phi) is 5.97. The summed E-state index contributed by atoms with van der Waals surface area (Å²) in [4.78, 5) is 12.9. The van der Waals surface area contributed by atoms with E-state index >= 15 is 0 Å². The third kappa shape index (κ3) is 3.68. The number of methoxy groups -OCH3 is 1. The Morgan fingerprint density at radius 3 is 2.75 bits per heavy atom. The second-order valence-electron chi connectivity index (χ2n) is 6.10. The number of ether oxygens (including phenoxy) is 4. The van der Waals surface area contributed by atoms with Gasteiger partial charge < -0.3 is 24.3 Å². The molecule has 0 bridgehead atoms. The highest BCUT2D eigenvalue weighted by atomic mass is 16.7. The lowest BCUT2D eigenvalue weighted by atomic mass is 9.97. The van der Waals surface area contributed by atoms with Gasteiger partial charge in [-0.15, -0.1) is 0 Å². The molecule has 6 heteroatoms. The molecule has 2 saturated heterocycles. The van der Waals surface area contributed by atoms with Crippen molar-refractivity contribution in [2.45, 2.75) is 50.6 Å². The zero-order valence-corrected chi connectivity index (χ0v) is 14.1. The van der Waals surface area contributed by atoms with Crippen molar-refractivity contribution >= 4 is 5.78 Å². The largest absolute Gasteiger partial charge is 0.354 e. The smallest absolute Gasteiger partial charge is 0.186 e. The minimum absolute atomic E-state index is 0.0292. The summed E-state index contributed by atoms with van der Waals surface area (Å²) in [6.07, 6.45) is -0.198. The molecule has 2 heterocycles. The number of nitrogens with one attached hydrogen (secondary N) is 1. The predicted octanol–water partition coefficient (Wildman–Crippen LogP) is 1.80. The number of hydrogen-bond acceptors (Lipinski definition) is 6. The van der Waals surface area contributed by atoms with Gasteiger partial charge in [-0.1, -0.05) is 43.7 Å². The van der Waals surface area contributed by atoms with E-state index in [1.54, 1.807) is 7.11 Å². The fraction of sp³-hybridized carbons (Fsp3) is 0.611. The minimum Gasteiger partial charge on any atom is -0.354 e. The molecule has 3 rings (SSSR count). The van der Waals surface area contributed by atoms with Crippen LogP contribution in [0.3, 0.4) is 0 Å². The van der Waals surface area contributed by atoms with E-state index in [0.29, 0.717) is 6.61 Å². The summed E-state index contributed by atoms with van der Waals surface area (Å²) in [7, 11) is 1.55. The summed E-state index contributed by atoms with van der Waals surface area (Å²) >= 11 is 0. The van der Waals surface area contributed by atoms with Crippen molar-refractivity contribution in [3.05, 3.63) is 35.9 Å². The average molecular weight is 335 g/mol. The van der Waals surface area contributed by atoms with Crippen molar-refractivity contribution in [3.8, 4) is 0 Å². The van der Waals surface area contributed by atoms with Gasteiger partial charge in [0.2, 0.25) is 0 Å². The molecule has 0 unspecified atom stereocenters. The quantitative estimate of drug-likeness (QED) is 0.800. The lowest BCUT2D eigenvalue weighted by molar-refractivity contribution is -0.303. The number of benzene rings is 1. The van der Waals surface area contributed by atoms with Crippen LogP contribution in [0.1, 0.15) is 31.6 Å². The molecule has 0 aromatic heterocycles. The summed E-state index contributed by atoms with van der Waals surface area (Å²) in [6, 6.07) is 9.10. The molecule has 1 aromatic carbocycles. The SMILES string of the molecule is CCCCN[C@@H]1C(=O)[C@@H]2O[C@H](c3ccccc3)OC[C@H]2O[C@@H]1OC. The van der Waals surface area contributed by atoms with Crippen molar-refractivity contribution in [1.82, 2.24) is 5.32 Å². The van der Waals surface area contributed by atoms with Gasteiger partial charge in [-0.3, -0.25) is 4.79 Å². The fourth-order valence-corrected chi connectivity index (χ4v) is 3.06. The van der Waals surface area contributed by atoms with Crippen molar-refractivity contribution in [3.63, 3.8) is 0 Å². The van der Waals surface area contributed by atoms with Gasteiger partial charge in [0.1, 0.15) is 18.2 Å². The summed E-state index contributed by atoms with van der Waals surface area (Å²) < 4.78 is 22.9. The van der Waals surface area contributed by atoms with Gasteiger partial charge in [0.25, 0.3) is 0 Å². The van der Waals surface area contributed by atoms with Crippen LogP contribution in [-0.2, 0) is 23.7 Å². The number of ketones is 1. The highest BCUT2D eigenvalue weighted by molar-refractivity contribution is 5.90. The van der Waals surface area contributed by atoms with Crippen molar-refractivity contribution < 1.29 is 23.7 Å². The van der Waals surface area contributed by atoms with Crippen molar-refractivity contribution in [2.75, 3.05) is 20.3 Å². The fourth-order valence-electron chi connectivity index (χ4n) is 3.06. The first-order valence-electron chi connectivity index (χ1n) is 8.52. The van der Waals surface area contributed by atoms with Crippen molar-refractivity contribution in [1.29, 1.82) is 0 Å². The van der Waals surface area contributed by atoms with Crippen LogP contribution in [0.2, 0.25) is 0 Å². The zero-order valence-electron chi connectivity index (χ0n) is 14.1. The molecular weight excluding hydrogens is 310 g/mol. The number of rotatable bonds is 6. The number of hydrogen-bond donors (Lipinski definition) is 1. The van der Waals surface area contributed by atoms with Gasteiger partial charge in [-0.05, 0) is 13.0 Å². The Morgan fingerprint density at radius 1 is 1.25 bits per heavy atom. The molecule has 2 fully saturated rings. The molecule has 0 spiro atoms. The van der Waals surface area contributed by atoms with Gasteiger partial charge in [0.15, 0.2) is 18.4 Å². The molecule has 0 amide bonds. The molecule has 0 radical (unpaired) electrons. The summed E-state index contributed by atoms with van der Waals surface area (Å²) in [5.74, 6) is -0.0292. The van der Waals surface area contributed by atoms with E-state index in [-0.39, 0.29) is 5.78 Å². The second-order valence-corrected chi connectivity index (χ2v) is 6.10. The molecule has 0 aliphatic carbocycles. The van der Waals surface area contributed by atoms with Gasteiger partial charge >= 0.3 is 0 Å². The van der Waals surface area contributed by atoms with E-state index in [1.165, 1.54) is 0 Å². The Hall–Kier alpha value is -1.31. The maximum atomic E-state index is 12.9. The lowest BCUT2D eigenvalue weighted by Gasteiger charge is -2.43. The van der Waals surface area contributed by atoms with Crippen LogP contribution in [-0.4, -0.2) is 50.6 Å². The standard InChI is InChI=1S/C18H25NO5/c1-3-4-10-19-14-15(20)16-13(23-18(14)21-2)11-22-17(24-16)12-8-6-5-7-9-12/h5-9,13-14,16-19H,3-4,10-11H2,1-2H3/t13-,14-,16-,17-,18+/m1/s1. The number of Topliss-reactive ketones (excluding diaryl/α,β-unsaturated/α-hetero) is 1. The van der Waals surface area contributed by atoms with Gasteiger partial charge in [-0.2, -0.15) is 0 Å². The van der Waals surface area contributed by atoms with E-state index in [9.17, 15) is 4.79 Å². The summed E-state index contributed by atoms with van der Waals surface area (Å²) in [5.41, 5.74) is 0.896. The third-order valence-electron chi connectivity index (χ3n) is 4.39. The lowest BCUT2D eigenvalue weighted by Crippen LogP contribution is -2.63. The molecule has 132 valence electrons. The van der Waals surface area contributed by atoms with Crippen molar-refractivity contribution in [2.24, 2.45) is 0 Å². The first-order valence-corrected chi connectivity index (χ1v) is 8.52. The third-order valence-corrected chi connectivity index (χ3v) is 4.39. The average Bonchev–Trinajstić information content (AvgIpc) is 2.64. The van der Waals surface area contributed by atoms with Gasteiger partial charge in [0, 0.05) is 12.7 Å². The molecule has 24 heavy (non-hydrogen) atoms. The molecule has 1 aromatic rings. The summed E-state index contributed by atoms with van der Waals surface area (Å²) in [5, 5.41) is 3.24. The van der Waals surface area contributed by atoms with E-state index in [1.807, 2.05) is 30.3 Å². The molecular formula is C18H25NO5. The van der Waals surface area contributed by atoms with Crippen LogP contribution in [0.25, 0.3) is 0 Å². The molecule has 0 saturated carbocycles. The van der Waals surface area contributed by atoms with Gasteiger partial charge in [0.05, 0.1) is 6.61 Å². The van der Waals surface area contributed by atoms with Gasteiger partial charge in [-0.25, -0.2) is 0 Å². The molecule has 6 nitrogen and oxygen atoms in total. The summed E-state index contributed by atoms with van der Waals surface area (Å²) in [6.45, 7) is 3.15. The van der Waals surface area contributed by atoms with Crippen LogP contribution >= 0.6 is 0 Å². The predicted molar refractivity (Wildman–Crippen MR) is 87.4 cm³/mol. The van der Waals surface area contributed by atoms with E-state index in [4.69, 9.17) is 18.9 Å². The van der Waals surface area contributed by atoms with E-state index in [0.717, 1.165) is 24.9 Å². The second kappa shape index (κ2) is 8.18. The minimum atomic E-state index is -0.644. The first-order chi connectivity index (χ1) is 11.7. The highest BCUT2D eigenvalue weighted by Crippen LogP contribution is 2.32. The number of carbonyl (C=O) groups is 1. The van der Waals surface area contributed by atoms with E-state index in [2.05, 4.69) is 12.2 Å². The first kappa shape index (κ1) is 17.5.